The highest BCUT2D eigenvalue weighted by Gasteiger charge is 2.05. The number of rotatable bonds is 11. The molecule has 31 heavy (non-hydrogen) atoms. The highest BCUT2D eigenvalue weighted by atomic mass is 16.5. The van der Waals surface area contributed by atoms with Crippen LogP contribution >= 0.6 is 0 Å². The molecular formula is C23H30N6O2. The van der Waals surface area contributed by atoms with Crippen LogP contribution in [-0.2, 0) is 4.79 Å². The predicted molar refractivity (Wildman–Crippen MR) is 125 cm³/mol. The van der Waals surface area contributed by atoms with E-state index in [0.717, 1.165) is 22.6 Å². The first-order chi connectivity index (χ1) is 14.9. The number of hydrazine groups is 2. The molecule has 0 aromatic heterocycles. The molecular weight excluding hydrogens is 392 g/mol. The van der Waals surface area contributed by atoms with Gasteiger partial charge in [-0.1, -0.05) is 24.8 Å². The van der Waals surface area contributed by atoms with Crippen molar-refractivity contribution in [3.8, 4) is 11.5 Å². The van der Waals surface area contributed by atoms with Crippen molar-refractivity contribution in [2.24, 2.45) is 10.8 Å². The molecule has 1 amide bonds. The Balaban J connectivity index is 1.85. The molecule has 2 aromatic carbocycles. The minimum Gasteiger partial charge on any atom is -0.457 e. The number of nitrogens with two attached hydrogens (primary N) is 1. The lowest BCUT2D eigenvalue weighted by Gasteiger charge is -2.20. The molecule has 1 atom stereocenters. The standard InChI is InChI=1S/C23H30N6O2/c1-5-22(30)27-18(3)16-26-29(4)28-25-15-17(2)23(24)19-11-13-21(14-12-19)31-20-9-7-6-8-10-20/h5-15,18,26,28H,1,16,24H2,2-4H3,(H,27,30). The number of benzene rings is 2. The average molecular weight is 423 g/mol. The van der Waals surface area contributed by atoms with Crippen LogP contribution in [0, 0.1) is 0 Å². The van der Waals surface area contributed by atoms with E-state index in [1.807, 2.05) is 68.4 Å². The van der Waals surface area contributed by atoms with Crippen LogP contribution in [0.3, 0.4) is 0 Å². The van der Waals surface area contributed by atoms with E-state index in [1.54, 1.807) is 18.4 Å². The van der Waals surface area contributed by atoms with Gasteiger partial charge < -0.3 is 15.8 Å². The van der Waals surface area contributed by atoms with Gasteiger partial charge in [-0.3, -0.25) is 4.79 Å². The van der Waals surface area contributed by atoms with Gasteiger partial charge in [0.2, 0.25) is 5.91 Å². The van der Waals surface area contributed by atoms with Crippen molar-refractivity contribution in [2.45, 2.75) is 19.9 Å². The van der Waals surface area contributed by atoms with Gasteiger partial charge in [0.05, 0.1) is 6.21 Å². The highest BCUT2D eigenvalue weighted by molar-refractivity contribution is 5.89. The molecule has 164 valence electrons. The van der Waals surface area contributed by atoms with Gasteiger partial charge in [-0.15, -0.1) is 5.12 Å². The number of ether oxygens (including phenoxy) is 1. The third-order valence-electron chi connectivity index (χ3n) is 4.24. The van der Waals surface area contributed by atoms with Crippen LogP contribution in [0.2, 0.25) is 0 Å². The number of nitrogens with zero attached hydrogens (tertiary/aromatic N) is 2. The molecule has 0 saturated heterocycles. The summed E-state index contributed by atoms with van der Waals surface area (Å²) in [5, 5.41) is 8.52. The largest absolute Gasteiger partial charge is 0.457 e. The molecule has 0 saturated carbocycles. The highest BCUT2D eigenvalue weighted by Crippen LogP contribution is 2.23. The van der Waals surface area contributed by atoms with E-state index in [1.165, 1.54) is 6.08 Å². The van der Waals surface area contributed by atoms with Crippen LogP contribution in [0.5, 0.6) is 11.5 Å². The van der Waals surface area contributed by atoms with E-state index in [2.05, 4.69) is 28.0 Å². The van der Waals surface area contributed by atoms with Crippen molar-refractivity contribution in [1.29, 1.82) is 0 Å². The Kier molecular flexibility index (Phi) is 9.28. The number of hydrogen-bond acceptors (Lipinski definition) is 7. The number of carbonyl (C=O) groups excluding carboxylic acids is 1. The first-order valence-electron chi connectivity index (χ1n) is 9.87. The second-order valence-corrected chi connectivity index (χ2v) is 6.93. The number of carbonyl (C=O) groups is 1. The average Bonchev–Trinajstić information content (AvgIpc) is 2.78. The zero-order valence-corrected chi connectivity index (χ0v) is 18.1. The smallest absolute Gasteiger partial charge is 0.243 e. The lowest BCUT2D eigenvalue weighted by molar-refractivity contribution is -0.117. The molecule has 0 heterocycles. The molecule has 0 radical (unpaired) electrons. The molecule has 0 spiro atoms. The van der Waals surface area contributed by atoms with Crippen molar-refractivity contribution >= 4 is 17.8 Å². The number of allylic oxidation sites excluding steroid dienone is 1. The van der Waals surface area contributed by atoms with Crippen molar-refractivity contribution in [3.05, 3.63) is 78.4 Å². The van der Waals surface area contributed by atoms with Crippen LogP contribution in [0.4, 0.5) is 0 Å². The summed E-state index contributed by atoms with van der Waals surface area (Å²) in [5.41, 5.74) is 14.5. The Morgan fingerprint density at radius 3 is 2.48 bits per heavy atom. The summed E-state index contributed by atoms with van der Waals surface area (Å²) in [7, 11) is 1.77. The first kappa shape index (κ1) is 23.7. The van der Waals surface area contributed by atoms with E-state index in [0.29, 0.717) is 12.2 Å². The Morgan fingerprint density at radius 1 is 1.19 bits per heavy atom. The third kappa shape index (κ3) is 8.33. The minimum absolute atomic E-state index is 0.0650. The fourth-order valence-corrected chi connectivity index (χ4v) is 2.50. The van der Waals surface area contributed by atoms with Gasteiger partial charge in [-0.2, -0.15) is 5.10 Å². The quantitative estimate of drug-likeness (QED) is 0.252. The second kappa shape index (κ2) is 12.2. The summed E-state index contributed by atoms with van der Waals surface area (Å²) < 4.78 is 5.80. The predicted octanol–water partition coefficient (Wildman–Crippen LogP) is 2.79. The Labute approximate surface area is 183 Å². The van der Waals surface area contributed by atoms with Crippen molar-refractivity contribution in [2.75, 3.05) is 13.6 Å². The van der Waals surface area contributed by atoms with Gasteiger partial charge in [-0.25, -0.2) is 11.0 Å². The molecule has 5 N–H and O–H groups in total. The van der Waals surface area contributed by atoms with Crippen molar-refractivity contribution in [3.63, 3.8) is 0 Å². The normalized spacial score (nSPS) is 12.9. The minimum atomic E-state index is -0.209. The van der Waals surface area contributed by atoms with Gasteiger partial charge >= 0.3 is 0 Å². The van der Waals surface area contributed by atoms with Gasteiger partial charge in [0.1, 0.15) is 11.5 Å². The summed E-state index contributed by atoms with van der Waals surface area (Å²) in [6, 6.07) is 17.1. The number of hydrazone groups is 1. The number of hydrogen-bond donors (Lipinski definition) is 4. The molecule has 0 aliphatic carbocycles. The van der Waals surface area contributed by atoms with Crippen LogP contribution in [0.15, 0.2) is 77.9 Å². The number of amides is 1. The summed E-state index contributed by atoms with van der Waals surface area (Å²) >= 11 is 0. The van der Waals surface area contributed by atoms with Crippen molar-refractivity contribution in [1.82, 2.24) is 21.4 Å². The van der Waals surface area contributed by atoms with Gasteiger partial charge in [0, 0.05) is 25.3 Å². The Bertz CT molecular complexity index is 909. The summed E-state index contributed by atoms with van der Waals surface area (Å²) in [6.07, 6.45) is 2.89. The molecule has 0 aliphatic heterocycles. The van der Waals surface area contributed by atoms with Gasteiger partial charge in [0.25, 0.3) is 0 Å². The molecule has 2 rings (SSSR count). The maximum Gasteiger partial charge on any atom is 0.243 e. The fraction of sp³-hybridized carbons (Fsp3) is 0.217. The van der Waals surface area contributed by atoms with Crippen LogP contribution < -0.4 is 26.7 Å². The first-order valence-corrected chi connectivity index (χ1v) is 9.87. The SMILES string of the molecule is C=CC(=O)NC(C)CNN(C)NN=CC(C)=C(N)c1ccc(Oc2ccccc2)cc1. The Hall–Kier alpha value is -3.62. The molecule has 0 bridgehead atoms. The Morgan fingerprint density at radius 2 is 1.84 bits per heavy atom. The van der Waals surface area contributed by atoms with Gasteiger partial charge in [0.15, 0.2) is 0 Å². The van der Waals surface area contributed by atoms with E-state index in [4.69, 9.17) is 10.5 Å². The van der Waals surface area contributed by atoms with E-state index in [9.17, 15) is 4.79 Å². The summed E-state index contributed by atoms with van der Waals surface area (Å²) in [5.74, 6) is 1.31. The molecule has 2 aromatic rings. The number of para-hydroxylation sites is 1. The van der Waals surface area contributed by atoms with Crippen molar-refractivity contribution < 1.29 is 9.53 Å². The van der Waals surface area contributed by atoms with Gasteiger partial charge in [-0.05, 0) is 67.5 Å². The monoisotopic (exact) mass is 422 g/mol. The van der Waals surface area contributed by atoms with Crippen LogP contribution in [0.1, 0.15) is 19.4 Å². The maximum atomic E-state index is 11.3. The molecule has 8 heteroatoms. The van der Waals surface area contributed by atoms with E-state index in [-0.39, 0.29) is 11.9 Å². The lowest BCUT2D eigenvalue weighted by atomic mass is 10.1. The molecule has 0 aliphatic rings. The molecule has 8 nitrogen and oxygen atoms in total. The van der Waals surface area contributed by atoms with Crippen LogP contribution in [-0.4, -0.2) is 36.9 Å². The van der Waals surface area contributed by atoms with E-state index >= 15 is 0 Å². The summed E-state index contributed by atoms with van der Waals surface area (Å²) in [6.45, 7) is 7.72. The second-order valence-electron chi connectivity index (χ2n) is 6.93. The zero-order valence-electron chi connectivity index (χ0n) is 18.1. The maximum absolute atomic E-state index is 11.3. The molecule has 1 unspecified atom stereocenters. The zero-order chi connectivity index (χ0) is 22.6. The topological polar surface area (TPSA) is 104 Å². The number of nitrogens with one attached hydrogen (secondary N) is 3. The lowest BCUT2D eigenvalue weighted by Crippen LogP contribution is -2.48. The third-order valence-corrected chi connectivity index (χ3v) is 4.24. The van der Waals surface area contributed by atoms with E-state index < -0.39 is 0 Å². The fourth-order valence-electron chi connectivity index (χ4n) is 2.50. The summed E-state index contributed by atoms with van der Waals surface area (Å²) in [4.78, 5) is 11.3. The van der Waals surface area contributed by atoms with Crippen LogP contribution in [0.25, 0.3) is 5.70 Å². The molecule has 0 fully saturated rings.